The molecule has 0 radical (unpaired) electrons. The highest BCUT2D eigenvalue weighted by Gasteiger charge is 2.33. The second-order valence-electron chi connectivity index (χ2n) is 6.77. The van der Waals surface area contributed by atoms with Crippen molar-refractivity contribution in [3.05, 3.63) is 75.8 Å². The fourth-order valence-corrected chi connectivity index (χ4v) is 3.74. The highest BCUT2D eigenvalue weighted by atomic mass is 16.6. The fraction of sp³-hybridized carbons (Fsp3) is 0.333. The van der Waals surface area contributed by atoms with Gasteiger partial charge in [0.25, 0.3) is 5.69 Å². The third-order valence-corrected chi connectivity index (χ3v) is 5.10. The molecule has 1 aliphatic carbocycles. The first kappa shape index (κ1) is 18.0. The van der Waals surface area contributed by atoms with Crippen LogP contribution < -0.4 is 0 Å². The molecule has 134 valence electrons. The third kappa shape index (κ3) is 4.04. The summed E-state index contributed by atoms with van der Waals surface area (Å²) in [5, 5.41) is 11.1. The number of carbonyl (C=O) groups excluding carboxylic acids is 2. The molecule has 26 heavy (non-hydrogen) atoms. The zero-order valence-corrected chi connectivity index (χ0v) is 14.5. The molecule has 0 aliphatic heterocycles. The van der Waals surface area contributed by atoms with Gasteiger partial charge in [-0.15, -0.1) is 0 Å². The largest absolute Gasteiger partial charge is 0.299 e. The third-order valence-electron chi connectivity index (χ3n) is 5.10. The minimum atomic E-state index is -0.442. The van der Waals surface area contributed by atoms with E-state index in [2.05, 4.69) is 0 Å². The van der Waals surface area contributed by atoms with E-state index in [1.54, 1.807) is 36.4 Å². The summed E-state index contributed by atoms with van der Waals surface area (Å²) in [4.78, 5) is 35.9. The highest BCUT2D eigenvalue weighted by Crippen LogP contribution is 2.38. The predicted molar refractivity (Wildman–Crippen MR) is 98.2 cm³/mol. The second kappa shape index (κ2) is 8.04. The van der Waals surface area contributed by atoms with Crippen LogP contribution in [0.4, 0.5) is 5.69 Å². The lowest BCUT2D eigenvalue weighted by Crippen LogP contribution is -2.27. The summed E-state index contributed by atoms with van der Waals surface area (Å²) in [5.74, 6) is -0.456. The zero-order valence-electron chi connectivity index (χ0n) is 14.5. The molecule has 0 unspecified atom stereocenters. The molecule has 2 atom stereocenters. The molecule has 0 spiro atoms. The van der Waals surface area contributed by atoms with Crippen LogP contribution in [0.2, 0.25) is 0 Å². The molecule has 3 rings (SSSR count). The maximum atomic E-state index is 12.8. The molecule has 2 aromatic carbocycles. The maximum absolute atomic E-state index is 12.8. The molecule has 0 N–H and O–H groups in total. The summed E-state index contributed by atoms with van der Waals surface area (Å²) in [6.07, 6.45) is 3.26. The average molecular weight is 351 g/mol. The Morgan fingerprint density at radius 2 is 1.88 bits per heavy atom. The number of nitro benzene ring substituents is 1. The Balaban J connectivity index is 1.94. The fourth-order valence-electron chi connectivity index (χ4n) is 3.74. The van der Waals surface area contributed by atoms with Crippen LogP contribution in [0.1, 0.15) is 53.9 Å². The molecule has 2 aromatic rings. The van der Waals surface area contributed by atoms with Crippen molar-refractivity contribution in [3.63, 3.8) is 0 Å². The molecule has 5 heteroatoms. The average Bonchev–Trinajstić information content (AvgIpc) is 2.67. The van der Waals surface area contributed by atoms with E-state index in [0.717, 1.165) is 19.3 Å². The van der Waals surface area contributed by atoms with Crippen molar-refractivity contribution in [1.82, 2.24) is 0 Å². The number of hydrogen-bond acceptors (Lipinski definition) is 4. The van der Waals surface area contributed by atoms with Crippen LogP contribution in [0.3, 0.4) is 0 Å². The number of non-ortho nitro benzene ring substituents is 1. The number of carbonyl (C=O) groups is 2. The summed E-state index contributed by atoms with van der Waals surface area (Å²) in [7, 11) is 0. The van der Waals surface area contributed by atoms with Gasteiger partial charge in [0.1, 0.15) is 5.78 Å². The summed E-state index contributed by atoms with van der Waals surface area (Å²) in [6, 6.07) is 15.3. The number of nitro groups is 1. The van der Waals surface area contributed by atoms with Crippen molar-refractivity contribution in [2.24, 2.45) is 5.92 Å². The normalized spacial score (nSPS) is 18.3. The van der Waals surface area contributed by atoms with Gasteiger partial charge in [0.15, 0.2) is 5.78 Å². The minimum Gasteiger partial charge on any atom is -0.299 e. The van der Waals surface area contributed by atoms with Gasteiger partial charge in [-0.2, -0.15) is 0 Å². The first-order valence-corrected chi connectivity index (χ1v) is 8.91. The molecular formula is C21H21NO4. The van der Waals surface area contributed by atoms with E-state index in [0.29, 0.717) is 17.5 Å². The maximum Gasteiger partial charge on any atom is 0.269 e. The smallest absolute Gasteiger partial charge is 0.269 e. The van der Waals surface area contributed by atoms with Crippen LogP contribution in [0.5, 0.6) is 0 Å². The van der Waals surface area contributed by atoms with E-state index in [4.69, 9.17) is 0 Å². The summed E-state index contributed by atoms with van der Waals surface area (Å²) < 4.78 is 0. The van der Waals surface area contributed by atoms with Gasteiger partial charge in [-0.05, 0) is 18.4 Å². The van der Waals surface area contributed by atoms with E-state index in [-0.39, 0.29) is 35.5 Å². The first-order valence-electron chi connectivity index (χ1n) is 8.91. The summed E-state index contributed by atoms with van der Waals surface area (Å²) >= 11 is 0. The number of nitrogens with zero attached hydrogens (tertiary/aromatic N) is 1. The first-order chi connectivity index (χ1) is 12.6. The molecule has 0 aromatic heterocycles. The Kier molecular flexibility index (Phi) is 5.56. The topological polar surface area (TPSA) is 77.3 Å². The van der Waals surface area contributed by atoms with Crippen LogP contribution in [0, 0.1) is 16.0 Å². The van der Waals surface area contributed by atoms with Crippen LogP contribution in [-0.4, -0.2) is 16.5 Å². The summed E-state index contributed by atoms with van der Waals surface area (Å²) in [5.41, 5.74) is 1.29. The molecule has 0 amide bonds. The van der Waals surface area contributed by atoms with Crippen molar-refractivity contribution in [3.8, 4) is 0 Å². The highest BCUT2D eigenvalue weighted by molar-refractivity contribution is 5.97. The molecule has 0 heterocycles. The van der Waals surface area contributed by atoms with E-state index in [9.17, 15) is 19.7 Å². The SMILES string of the molecule is O=C(C[C@@H](c1cccc([N+](=O)[O-])c1)[C@@H]1CCCCC1=O)c1ccccc1. The monoisotopic (exact) mass is 351 g/mol. The van der Waals surface area contributed by atoms with E-state index >= 15 is 0 Å². The number of hydrogen-bond donors (Lipinski definition) is 0. The number of rotatable bonds is 6. The van der Waals surface area contributed by atoms with Crippen LogP contribution >= 0.6 is 0 Å². The Morgan fingerprint density at radius 1 is 1.12 bits per heavy atom. The van der Waals surface area contributed by atoms with Gasteiger partial charge in [-0.3, -0.25) is 19.7 Å². The van der Waals surface area contributed by atoms with Crippen molar-refractivity contribution >= 4 is 17.3 Å². The quantitative estimate of drug-likeness (QED) is 0.429. The van der Waals surface area contributed by atoms with Crippen LogP contribution in [0.25, 0.3) is 0 Å². The molecule has 1 aliphatic rings. The predicted octanol–water partition coefficient (Wildman–Crippen LogP) is 4.71. The van der Waals surface area contributed by atoms with Gasteiger partial charge in [0.2, 0.25) is 0 Å². The molecule has 0 saturated heterocycles. The Bertz CT molecular complexity index is 816. The van der Waals surface area contributed by atoms with Crippen molar-refractivity contribution in [2.75, 3.05) is 0 Å². The van der Waals surface area contributed by atoms with E-state index in [1.807, 2.05) is 6.07 Å². The number of Topliss-reactive ketones (excluding diaryl/α,β-unsaturated/α-hetero) is 2. The van der Waals surface area contributed by atoms with Gasteiger partial charge >= 0.3 is 0 Å². The molecule has 0 bridgehead atoms. The lowest BCUT2D eigenvalue weighted by Gasteiger charge is -2.29. The van der Waals surface area contributed by atoms with Crippen LogP contribution in [0.15, 0.2) is 54.6 Å². The van der Waals surface area contributed by atoms with Gasteiger partial charge in [-0.25, -0.2) is 0 Å². The molecule has 1 saturated carbocycles. The minimum absolute atomic E-state index is 0.0112. The van der Waals surface area contributed by atoms with Crippen molar-refractivity contribution < 1.29 is 14.5 Å². The zero-order chi connectivity index (χ0) is 18.5. The molecular weight excluding hydrogens is 330 g/mol. The Labute approximate surface area is 152 Å². The van der Waals surface area contributed by atoms with E-state index < -0.39 is 4.92 Å². The molecule has 5 nitrogen and oxygen atoms in total. The van der Waals surface area contributed by atoms with E-state index in [1.165, 1.54) is 12.1 Å². The lowest BCUT2D eigenvalue weighted by molar-refractivity contribution is -0.384. The van der Waals surface area contributed by atoms with Gasteiger partial charge in [0, 0.05) is 42.4 Å². The van der Waals surface area contributed by atoms with Crippen molar-refractivity contribution in [1.29, 1.82) is 0 Å². The second-order valence-corrected chi connectivity index (χ2v) is 6.77. The van der Waals surface area contributed by atoms with Gasteiger partial charge < -0.3 is 0 Å². The number of benzene rings is 2. The Hall–Kier alpha value is -2.82. The van der Waals surface area contributed by atoms with Crippen LogP contribution in [-0.2, 0) is 4.79 Å². The van der Waals surface area contributed by atoms with Crippen molar-refractivity contribution in [2.45, 2.75) is 38.0 Å². The van der Waals surface area contributed by atoms with Gasteiger partial charge in [0.05, 0.1) is 4.92 Å². The standard InChI is InChI=1S/C21H21NO4/c23-20-12-5-4-11-18(20)19(14-21(24)15-7-2-1-3-8-15)16-9-6-10-17(13-16)22(25)26/h1-3,6-10,13,18-19H,4-5,11-12,14H2/t18-,19-/m0/s1. The van der Waals surface area contributed by atoms with Gasteiger partial charge in [-0.1, -0.05) is 48.9 Å². The number of ketones is 2. The summed E-state index contributed by atoms with van der Waals surface area (Å²) in [6.45, 7) is 0. The lowest BCUT2D eigenvalue weighted by atomic mass is 9.73. The Morgan fingerprint density at radius 3 is 2.58 bits per heavy atom. The molecule has 1 fully saturated rings.